The molecule has 0 fully saturated rings. The third-order valence-corrected chi connectivity index (χ3v) is 5.59. The number of ether oxygens (including phenoxy) is 1. The van der Waals surface area contributed by atoms with Gasteiger partial charge in [-0.05, 0) is 37.1 Å². The van der Waals surface area contributed by atoms with Crippen molar-refractivity contribution >= 4 is 22.4 Å². The lowest BCUT2D eigenvalue weighted by atomic mass is 10.1. The van der Waals surface area contributed by atoms with Crippen molar-refractivity contribution in [1.29, 1.82) is 0 Å². The van der Waals surface area contributed by atoms with Gasteiger partial charge in [-0.25, -0.2) is 4.98 Å². The monoisotopic (exact) mass is 414 g/mol. The van der Waals surface area contributed by atoms with Gasteiger partial charge < -0.3 is 4.74 Å². The Labute approximate surface area is 180 Å². The summed E-state index contributed by atoms with van der Waals surface area (Å²) in [6.45, 7) is 4.00. The Balaban J connectivity index is 1.35. The Morgan fingerprint density at radius 3 is 2.20 bits per heavy atom. The number of nitrogens with zero attached hydrogens (tertiary/aromatic N) is 1. The van der Waals surface area contributed by atoms with E-state index in [9.17, 15) is 4.79 Å². The van der Waals surface area contributed by atoms with Gasteiger partial charge in [-0.15, -0.1) is 11.3 Å². The van der Waals surface area contributed by atoms with Crippen LogP contribution in [0.3, 0.4) is 0 Å². The Bertz CT molecular complexity index is 1130. The van der Waals surface area contributed by atoms with Crippen molar-refractivity contribution in [3.63, 3.8) is 0 Å². The Morgan fingerprint density at radius 1 is 0.867 bits per heavy atom. The van der Waals surface area contributed by atoms with Crippen molar-refractivity contribution in [3.8, 4) is 28.1 Å². The second kappa shape index (κ2) is 8.93. The molecular formula is C25H22N2O2S. The second-order valence-corrected chi connectivity index (χ2v) is 8.22. The molecule has 4 rings (SSSR count). The summed E-state index contributed by atoms with van der Waals surface area (Å²) in [5.74, 6) is 0.423. The number of carbonyl (C=O) groups excluding carboxylic acids is 1. The zero-order valence-electron chi connectivity index (χ0n) is 16.9. The molecule has 0 radical (unpaired) electrons. The summed E-state index contributed by atoms with van der Waals surface area (Å²) in [7, 11) is 0. The molecule has 4 aromatic rings. The fourth-order valence-corrected chi connectivity index (χ4v) is 3.96. The molecule has 1 N–H and O–H groups in total. The number of amides is 1. The lowest BCUT2D eigenvalue weighted by molar-refractivity contribution is -0.118. The lowest BCUT2D eigenvalue weighted by Gasteiger charge is -2.07. The predicted octanol–water partition coefficient (Wildman–Crippen LogP) is 6.11. The van der Waals surface area contributed by atoms with E-state index in [0.29, 0.717) is 10.9 Å². The molecule has 4 nitrogen and oxygen atoms in total. The standard InChI is InChI=1S/C25H22N2O2S/c1-17-8-10-21(11-9-17)24-18(2)30-25(27-24)26-23(28)16-29-22-14-12-20(13-15-22)19-6-4-3-5-7-19/h3-15H,16H2,1-2H3,(H,26,27,28). The first-order valence-corrected chi connectivity index (χ1v) is 10.5. The number of hydrogen-bond donors (Lipinski definition) is 1. The van der Waals surface area contributed by atoms with Crippen LogP contribution in [0.1, 0.15) is 10.4 Å². The molecule has 0 aliphatic carbocycles. The minimum absolute atomic E-state index is 0.0663. The number of thiazole rings is 1. The molecule has 30 heavy (non-hydrogen) atoms. The van der Waals surface area contributed by atoms with Crippen LogP contribution in [-0.2, 0) is 4.79 Å². The smallest absolute Gasteiger partial charge is 0.264 e. The maximum Gasteiger partial charge on any atom is 0.264 e. The highest BCUT2D eigenvalue weighted by atomic mass is 32.1. The van der Waals surface area contributed by atoms with Crippen LogP contribution in [0.15, 0.2) is 78.9 Å². The van der Waals surface area contributed by atoms with Crippen LogP contribution >= 0.6 is 11.3 Å². The molecule has 0 aliphatic heterocycles. The minimum Gasteiger partial charge on any atom is -0.484 e. The zero-order chi connectivity index (χ0) is 20.9. The van der Waals surface area contributed by atoms with Crippen LogP contribution in [0.2, 0.25) is 0 Å². The maximum absolute atomic E-state index is 12.3. The summed E-state index contributed by atoms with van der Waals surface area (Å²) in [5.41, 5.74) is 5.39. The third kappa shape index (κ3) is 4.75. The normalized spacial score (nSPS) is 10.6. The third-order valence-electron chi connectivity index (χ3n) is 4.70. The summed E-state index contributed by atoms with van der Waals surface area (Å²) in [6.07, 6.45) is 0. The highest BCUT2D eigenvalue weighted by Crippen LogP contribution is 2.30. The molecule has 1 amide bonds. The van der Waals surface area contributed by atoms with Crippen LogP contribution in [0, 0.1) is 13.8 Å². The molecule has 0 saturated heterocycles. The fraction of sp³-hybridized carbons (Fsp3) is 0.120. The molecule has 5 heteroatoms. The number of benzene rings is 3. The summed E-state index contributed by atoms with van der Waals surface area (Å²) in [6, 6.07) is 26.1. The van der Waals surface area contributed by atoms with Crippen molar-refractivity contribution in [2.45, 2.75) is 13.8 Å². The van der Waals surface area contributed by atoms with Crippen molar-refractivity contribution < 1.29 is 9.53 Å². The van der Waals surface area contributed by atoms with E-state index in [4.69, 9.17) is 4.74 Å². The highest BCUT2D eigenvalue weighted by molar-refractivity contribution is 7.16. The minimum atomic E-state index is -0.230. The molecule has 1 aromatic heterocycles. The molecule has 0 saturated carbocycles. The first-order chi connectivity index (χ1) is 14.6. The molecule has 0 spiro atoms. The van der Waals surface area contributed by atoms with Gasteiger partial charge in [0.1, 0.15) is 5.75 Å². The number of rotatable bonds is 6. The van der Waals surface area contributed by atoms with Crippen LogP contribution in [0.5, 0.6) is 5.75 Å². The topological polar surface area (TPSA) is 51.2 Å². The molecule has 0 aliphatic rings. The zero-order valence-corrected chi connectivity index (χ0v) is 17.7. The van der Waals surface area contributed by atoms with Crippen molar-refractivity contribution in [3.05, 3.63) is 89.3 Å². The van der Waals surface area contributed by atoms with Crippen molar-refractivity contribution in [2.75, 3.05) is 11.9 Å². The number of aryl methyl sites for hydroxylation is 2. The predicted molar refractivity (Wildman–Crippen MR) is 123 cm³/mol. The average Bonchev–Trinajstić information content (AvgIpc) is 3.13. The number of nitrogens with one attached hydrogen (secondary N) is 1. The van der Waals surface area contributed by atoms with Crippen molar-refractivity contribution in [1.82, 2.24) is 4.98 Å². The number of aromatic nitrogens is 1. The Kier molecular flexibility index (Phi) is 5.91. The molecule has 0 atom stereocenters. The number of anilines is 1. The van der Waals surface area contributed by atoms with Gasteiger partial charge >= 0.3 is 0 Å². The Hall–Kier alpha value is -3.44. The Morgan fingerprint density at radius 2 is 1.50 bits per heavy atom. The van der Waals surface area contributed by atoms with Gasteiger partial charge in [0.05, 0.1) is 5.69 Å². The quantitative estimate of drug-likeness (QED) is 0.414. The van der Waals surface area contributed by atoms with E-state index in [1.165, 1.54) is 16.9 Å². The van der Waals surface area contributed by atoms with Gasteiger partial charge in [-0.1, -0.05) is 72.3 Å². The number of carbonyl (C=O) groups is 1. The summed E-state index contributed by atoms with van der Waals surface area (Å²) in [4.78, 5) is 17.9. The van der Waals surface area contributed by atoms with E-state index >= 15 is 0 Å². The molecule has 0 bridgehead atoms. The maximum atomic E-state index is 12.3. The average molecular weight is 415 g/mol. The van der Waals surface area contributed by atoms with Gasteiger partial charge in [0, 0.05) is 10.4 Å². The molecule has 150 valence electrons. The van der Waals surface area contributed by atoms with Gasteiger partial charge in [0.25, 0.3) is 5.91 Å². The van der Waals surface area contributed by atoms with Crippen LogP contribution in [-0.4, -0.2) is 17.5 Å². The number of hydrogen-bond acceptors (Lipinski definition) is 4. The lowest BCUT2D eigenvalue weighted by Crippen LogP contribution is -2.20. The van der Waals surface area contributed by atoms with E-state index in [0.717, 1.165) is 27.3 Å². The van der Waals surface area contributed by atoms with Crippen LogP contribution in [0.25, 0.3) is 22.4 Å². The van der Waals surface area contributed by atoms with Gasteiger partial charge in [0.2, 0.25) is 0 Å². The highest BCUT2D eigenvalue weighted by Gasteiger charge is 2.12. The van der Waals surface area contributed by atoms with E-state index in [2.05, 4.69) is 41.5 Å². The van der Waals surface area contributed by atoms with E-state index in [1.54, 1.807) is 0 Å². The van der Waals surface area contributed by atoms with E-state index < -0.39 is 0 Å². The second-order valence-electron chi connectivity index (χ2n) is 7.02. The largest absolute Gasteiger partial charge is 0.484 e. The summed E-state index contributed by atoms with van der Waals surface area (Å²) >= 11 is 1.46. The van der Waals surface area contributed by atoms with Crippen molar-refractivity contribution in [2.24, 2.45) is 0 Å². The molecule has 1 heterocycles. The summed E-state index contributed by atoms with van der Waals surface area (Å²) in [5, 5.41) is 3.41. The van der Waals surface area contributed by atoms with Crippen LogP contribution < -0.4 is 10.1 Å². The van der Waals surface area contributed by atoms with Gasteiger partial charge in [0.15, 0.2) is 11.7 Å². The van der Waals surface area contributed by atoms with E-state index in [1.807, 2.05) is 61.5 Å². The van der Waals surface area contributed by atoms with Gasteiger partial charge in [-0.2, -0.15) is 0 Å². The molecular weight excluding hydrogens is 392 g/mol. The SMILES string of the molecule is Cc1ccc(-c2nc(NC(=O)COc3ccc(-c4ccccc4)cc3)sc2C)cc1. The van der Waals surface area contributed by atoms with Crippen LogP contribution in [0.4, 0.5) is 5.13 Å². The molecule has 3 aromatic carbocycles. The van der Waals surface area contributed by atoms with E-state index in [-0.39, 0.29) is 12.5 Å². The molecule has 0 unspecified atom stereocenters. The summed E-state index contributed by atoms with van der Waals surface area (Å²) < 4.78 is 5.63. The first-order valence-electron chi connectivity index (χ1n) is 9.71. The fourth-order valence-electron chi connectivity index (χ4n) is 3.11. The first kappa shape index (κ1) is 19.9. The van der Waals surface area contributed by atoms with Gasteiger partial charge in [-0.3, -0.25) is 10.1 Å².